The normalized spacial score (nSPS) is 18.3. The highest BCUT2D eigenvalue weighted by atomic mass is 19.1. The van der Waals surface area contributed by atoms with E-state index in [9.17, 15) is 14.0 Å². The Balaban J connectivity index is 1.19. The SMILES string of the molecule is CN(Cc1ccccc1)C(=O)C1CCN(C2CCN(C(=O)Cc3ccc(F)cc3)CC2)CC1. The minimum absolute atomic E-state index is 0.104. The number of hydrogen-bond donors (Lipinski definition) is 0. The van der Waals surface area contributed by atoms with Crippen molar-refractivity contribution in [1.29, 1.82) is 0 Å². The Bertz CT molecular complexity index is 918. The lowest BCUT2D eigenvalue weighted by molar-refractivity contribution is -0.137. The van der Waals surface area contributed by atoms with Gasteiger partial charge in [0.2, 0.25) is 11.8 Å². The Labute approximate surface area is 196 Å². The number of rotatable bonds is 6. The molecule has 2 amide bonds. The molecule has 5 nitrogen and oxygen atoms in total. The van der Waals surface area contributed by atoms with Gasteiger partial charge in [-0.15, -0.1) is 0 Å². The number of benzene rings is 2. The predicted octanol–water partition coefficient (Wildman–Crippen LogP) is 3.73. The van der Waals surface area contributed by atoms with Crippen LogP contribution < -0.4 is 0 Å². The van der Waals surface area contributed by atoms with Gasteiger partial charge in [0.1, 0.15) is 5.82 Å². The molecule has 2 fully saturated rings. The zero-order chi connectivity index (χ0) is 23.2. The number of carbonyl (C=O) groups excluding carboxylic acids is 2. The van der Waals surface area contributed by atoms with E-state index in [1.54, 1.807) is 12.1 Å². The summed E-state index contributed by atoms with van der Waals surface area (Å²) in [5.41, 5.74) is 2.01. The highest BCUT2D eigenvalue weighted by Gasteiger charge is 2.32. The quantitative estimate of drug-likeness (QED) is 0.672. The molecule has 0 saturated carbocycles. The Hall–Kier alpha value is -2.73. The van der Waals surface area contributed by atoms with E-state index in [0.717, 1.165) is 63.0 Å². The number of piperidine rings is 2. The largest absolute Gasteiger partial charge is 0.342 e. The van der Waals surface area contributed by atoms with Crippen molar-refractivity contribution in [3.63, 3.8) is 0 Å². The van der Waals surface area contributed by atoms with Gasteiger partial charge in [0, 0.05) is 38.6 Å². The van der Waals surface area contributed by atoms with Gasteiger partial charge < -0.3 is 14.7 Å². The Morgan fingerprint density at radius 2 is 1.52 bits per heavy atom. The third-order valence-electron chi connectivity index (χ3n) is 7.12. The summed E-state index contributed by atoms with van der Waals surface area (Å²) in [5.74, 6) is 0.193. The minimum atomic E-state index is -0.277. The first-order valence-corrected chi connectivity index (χ1v) is 12.0. The number of amides is 2. The predicted molar refractivity (Wildman–Crippen MR) is 127 cm³/mol. The van der Waals surface area contributed by atoms with E-state index in [0.29, 0.717) is 19.0 Å². The molecule has 0 radical (unpaired) electrons. The topological polar surface area (TPSA) is 43.9 Å². The lowest BCUT2D eigenvalue weighted by Gasteiger charge is -2.42. The molecule has 0 aliphatic carbocycles. The van der Waals surface area contributed by atoms with Crippen LogP contribution in [0, 0.1) is 11.7 Å². The maximum atomic E-state index is 13.1. The summed E-state index contributed by atoms with van der Waals surface area (Å²) < 4.78 is 13.1. The number of carbonyl (C=O) groups is 2. The molecule has 0 spiro atoms. The molecule has 4 rings (SSSR count). The smallest absolute Gasteiger partial charge is 0.226 e. The Morgan fingerprint density at radius 1 is 0.879 bits per heavy atom. The molecule has 2 saturated heterocycles. The summed E-state index contributed by atoms with van der Waals surface area (Å²) in [7, 11) is 1.90. The first-order chi connectivity index (χ1) is 16.0. The zero-order valence-electron chi connectivity index (χ0n) is 19.5. The van der Waals surface area contributed by atoms with Gasteiger partial charge in [0.15, 0.2) is 0 Å². The molecule has 2 aliphatic rings. The van der Waals surface area contributed by atoms with Crippen molar-refractivity contribution in [3.8, 4) is 0 Å². The number of nitrogens with zero attached hydrogens (tertiary/aromatic N) is 3. The first kappa shape index (κ1) is 23.4. The fraction of sp³-hybridized carbons (Fsp3) is 0.481. The summed E-state index contributed by atoms with van der Waals surface area (Å²) >= 11 is 0. The molecule has 0 aromatic heterocycles. The average molecular weight is 452 g/mol. The molecular weight excluding hydrogens is 417 g/mol. The molecule has 2 heterocycles. The fourth-order valence-electron chi connectivity index (χ4n) is 5.13. The number of halogens is 1. The second kappa shape index (κ2) is 10.9. The summed E-state index contributed by atoms with van der Waals surface area (Å²) in [6.07, 6.45) is 4.08. The molecule has 6 heteroatoms. The van der Waals surface area contributed by atoms with Gasteiger partial charge >= 0.3 is 0 Å². The molecule has 0 bridgehead atoms. The Kier molecular flexibility index (Phi) is 7.76. The summed E-state index contributed by atoms with van der Waals surface area (Å²) in [6.45, 7) is 4.09. The standard InChI is InChI=1S/C27H34FN3O2/c1-29(20-22-5-3-2-4-6-22)27(33)23-11-15-30(16-12-23)25-13-17-31(18-14-25)26(32)19-21-7-9-24(28)10-8-21/h2-10,23,25H,11-20H2,1H3. The number of likely N-dealkylation sites (tertiary alicyclic amines) is 2. The molecular formula is C27H34FN3O2. The fourth-order valence-corrected chi connectivity index (χ4v) is 5.13. The maximum absolute atomic E-state index is 13.1. The van der Waals surface area contributed by atoms with E-state index in [4.69, 9.17) is 0 Å². The van der Waals surface area contributed by atoms with Crippen molar-refractivity contribution >= 4 is 11.8 Å². The van der Waals surface area contributed by atoms with Crippen LogP contribution in [0.5, 0.6) is 0 Å². The molecule has 2 aliphatic heterocycles. The van der Waals surface area contributed by atoms with Crippen LogP contribution in [0.25, 0.3) is 0 Å². The van der Waals surface area contributed by atoms with Gasteiger partial charge in [-0.1, -0.05) is 42.5 Å². The van der Waals surface area contributed by atoms with Crippen molar-refractivity contribution in [1.82, 2.24) is 14.7 Å². The summed E-state index contributed by atoms with van der Waals surface area (Å²) in [4.78, 5) is 31.9. The van der Waals surface area contributed by atoms with E-state index < -0.39 is 0 Å². The molecule has 2 aromatic carbocycles. The van der Waals surface area contributed by atoms with Crippen molar-refractivity contribution in [2.24, 2.45) is 5.92 Å². The van der Waals surface area contributed by atoms with E-state index >= 15 is 0 Å². The van der Waals surface area contributed by atoms with Gasteiger partial charge in [-0.05, 0) is 62.0 Å². The summed E-state index contributed by atoms with van der Waals surface area (Å²) in [5, 5.41) is 0. The van der Waals surface area contributed by atoms with Crippen LogP contribution in [0.1, 0.15) is 36.8 Å². The van der Waals surface area contributed by atoms with Gasteiger partial charge in [-0.2, -0.15) is 0 Å². The number of hydrogen-bond acceptors (Lipinski definition) is 3. The van der Waals surface area contributed by atoms with Gasteiger partial charge in [0.25, 0.3) is 0 Å². The van der Waals surface area contributed by atoms with E-state index in [1.165, 1.54) is 12.1 Å². The highest BCUT2D eigenvalue weighted by Crippen LogP contribution is 2.25. The van der Waals surface area contributed by atoms with Crippen LogP contribution in [-0.2, 0) is 22.6 Å². The molecule has 0 N–H and O–H groups in total. The average Bonchev–Trinajstić information content (AvgIpc) is 2.86. The van der Waals surface area contributed by atoms with Crippen LogP contribution in [0.3, 0.4) is 0 Å². The van der Waals surface area contributed by atoms with Crippen LogP contribution in [-0.4, -0.2) is 65.8 Å². The minimum Gasteiger partial charge on any atom is -0.342 e. The monoisotopic (exact) mass is 451 g/mol. The molecule has 0 unspecified atom stereocenters. The molecule has 2 aromatic rings. The zero-order valence-corrected chi connectivity index (χ0v) is 19.5. The lowest BCUT2D eigenvalue weighted by atomic mass is 9.92. The third-order valence-corrected chi connectivity index (χ3v) is 7.12. The molecule has 176 valence electrons. The molecule has 0 atom stereocenters. The second-order valence-corrected chi connectivity index (χ2v) is 9.41. The molecule has 33 heavy (non-hydrogen) atoms. The van der Waals surface area contributed by atoms with E-state index in [1.807, 2.05) is 35.0 Å². The first-order valence-electron chi connectivity index (χ1n) is 12.0. The van der Waals surface area contributed by atoms with Crippen LogP contribution in [0.4, 0.5) is 4.39 Å². The van der Waals surface area contributed by atoms with Gasteiger partial charge in [-0.3, -0.25) is 9.59 Å². The van der Waals surface area contributed by atoms with Crippen molar-refractivity contribution < 1.29 is 14.0 Å². The van der Waals surface area contributed by atoms with Crippen molar-refractivity contribution in [2.75, 3.05) is 33.2 Å². The van der Waals surface area contributed by atoms with Crippen LogP contribution in [0.2, 0.25) is 0 Å². The van der Waals surface area contributed by atoms with Gasteiger partial charge in [0.05, 0.1) is 6.42 Å². The van der Waals surface area contributed by atoms with Crippen LogP contribution >= 0.6 is 0 Å². The van der Waals surface area contributed by atoms with E-state index in [-0.39, 0.29) is 23.5 Å². The second-order valence-electron chi connectivity index (χ2n) is 9.41. The third kappa shape index (κ3) is 6.20. The van der Waals surface area contributed by atoms with Gasteiger partial charge in [-0.25, -0.2) is 4.39 Å². The van der Waals surface area contributed by atoms with Crippen molar-refractivity contribution in [3.05, 3.63) is 71.5 Å². The summed E-state index contributed by atoms with van der Waals surface area (Å²) in [6, 6.07) is 16.8. The Morgan fingerprint density at radius 3 is 2.15 bits per heavy atom. The van der Waals surface area contributed by atoms with Crippen LogP contribution in [0.15, 0.2) is 54.6 Å². The highest BCUT2D eigenvalue weighted by molar-refractivity contribution is 5.79. The lowest BCUT2D eigenvalue weighted by Crippen LogP contribution is -2.50. The van der Waals surface area contributed by atoms with E-state index in [2.05, 4.69) is 17.0 Å². The maximum Gasteiger partial charge on any atom is 0.226 e. The van der Waals surface area contributed by atoms with Crippen molar-refractivity contribution in [2.45, 2.75) is 44.7 Å².